The molecule has 1 aliphatic heterocycles. The summed E-state index contributed by atoms with van der Waals surface area (Å²) in [6, 6.07) is 1.98. The first-order valence-corrected chi connectivity index (χ1v) is 7.72. The second-order valence-corrected chi connectivity index (χ2v) is 6.33. The van der Waals surface area contributed by atoms with Crippen LogP contribution >= 0.6 is 11.3 Å². The average Bonchev–Trinajstić information content (AvgIpc) is 2.81. The number of piperidine rings is 1. The number of halogens is 3. The van der Waals surface area contributed by atoms with Gasteiger partial charge in [-0.3, -0.25) is 4.79 Å². The lowest BCUT2D eigenvalue weighted by atomic mass is 9.90. The van der Waals surface area contributed by atoms with Gasteiger partial charge in [0.2, 0.25) is 5.91 Å². The third-order valence-electron chi connectivity index (χ3n) is 3.80. The van der Waals surface area contributed by atoms with Crippen molar-refractivity contribution in [2.24, 2.45) is 0 Å². The minimum Gasteiger partial charge on any atom is -0.391 e. The van der Waals surface area contributed by atoms with Crippen molar-refractivity contribution in [3.8, 4) is 0 Å². The molecule has 0 bridgehead atoms. The van der Waals surface area contributed by atoms with Crippen LogP contribution in [0.4, 0.5) is 13.2 Å². The molecule has 3 nitrogen and oxygen atoms in total. The van der Waals surface area contributed by atoms with E-state index in [-0.39, 0.29) is 12.5 Å². The average molecular weight is 321 g/mol. The maximum absolute atomic E-state index is 12.1. The SMILES string of the molecule is Cc1ccsc1[C@@H]1CCN(C(=O)CCC(F)(F)F)C[C@H]1O. The van der Waals surface area contributed by atoms with Crippen LogP contribution in [0.15, 0.2) is 11.4 Å². The number of likely N-dealkylation sites (tertiary alicyclic amines) is 1. The fraction of sp³-hybridized carbons (Fsp3) is 0.643. The number of alkyl halides is 3. The Morgan fingerprint density at radius 2 is 2.24 bits per heavy atom. The fourth-order valence-electron chi connectivity index (χ4n) is 2.64. The number of hydrogen-bond acceptors (Lipinski definition) is 3. The highest BCUT2D eigenvalue weighted by atomic mass is 32.1. The van der Waals surface area contributed by atoms with Crippen LogP contribution in [0.5, 0.6) is 0 Å². The number of β-amino-alcohol motifs (C(OH)–C–C–N with tert-alkyl or cyclic N) is 1. The molecular weight excluding hydrogens is 303 g/mol. The van der Waals surface area contributed by atoms with Gasteiger partial charge in [0.1, 0.15) is 0 Å². The Morgan fingerprint density at radius 3 is 2.76 bits per heavy atom. The first-order valence-electron chi connectivity index (χ1n) is 6.84. The van der Waals surface area contributed by atoms with Gasteiger partial charge >= 0.3 is 6.18 Å². The Balaban J connectivity index is 1.92. The van der Waals surface area contributed by atoms with Gasteiger partial charge in [-0.15, -0.1) is 11.3 Å². The van der Waals surface area contributed by atoms with E-state index in [4.69, 9.17) is 0 Å². The molecule has 1 aliphatic rings. The summed E-state index contributed by atoms with van der Waals surface area (Å²) in [5.41, 5.74) is 1.11. The molecule has 2 atom stereocenters. The van der Waals surface area contributed by atoms with Crippen LogP contribution in [-0.2, 0) is 4.79 Å². The summed E-state index contributed by atoms with van der Waals surface area (Å²) in [6.07, 6.45) is -6.10. The van der Waals surface area contributed by atoms with Crippen LogP contribution in [-0.4, -0.2) is 41.3 Å². The summed E-state index contributed by atoms with van der Waals surface area (Å²) < 4.78 is 36.4. The lowest BCUT2D eigenvalue weighted by molar-refractivity contribution is -0.150. The molecule has 2 rings (SSSR count). The first-order chi connectivity index (χ1) is 9.78. The topological polar surface area (TPSA) is 40.5 Å². The molecule has 0 aromatic carbocycles. The van der Waals surface area contributed by atoms with Crippen LogP contribution < -0.4 is 0 Å². The molecule has 21 heavy (non-hydrogen) atoms. The summed E-state index contributed by atoms with van der Waals surface area (Å²) in [6.45, 7) is 2.48. The Hall–Kier alpha value is -1.08. The normalized spacial score (nSPS) is 23.4. The molecule has 1 saturated heterocycles. The number of carbonyl (C=O) groups is 1. The highest BCUT2D eigenvalue weighted by Crippen LogP contribution is 2.34. The fourth-order valence-corrected chi connectivity index (χ4v) is 3.76. The van der Waals surface area contributed by atoms with E-state index in [9.17, 15) is 23.1 Å². The zero-order valence-corrected chi connectivity index (χ0v) is 12.5. The van der Waals surface area contributed by atoms with Crippen LogP contribution in [0.3, 0.4) is 0 Å². The van der Waals surface area contributed by atoms with Crippen molar-refractivity contribution >= 4 is 17.2 Å². The summed E-state index contributed by atoms with van der Waals surface area (Å²) >= 11 is 1.57. The second-order valence-electron chi connectivity index (χ2n) is 5.39. The maximum Gasteiger partial charge on any atom is 0.389 e. The van der Waals surface area contributed by atoms with E-state index in [1.54, 1.807) is 11.3 Å². The highest BCUT2D eigenvalue weighted by Gasteiger charge is 2.34. The summed E-state index contributed by atoms with van der Waals surface area (Å²) in [5, 5.41) is 12.2. The van der Waals surface area contributed by atoms with Crippen molar-refractivity contribution in [1.82, 2.24) is 4.90 Å². The first kappa shape index (κ1) is 16.3. The molecular formula is C14H18F3NO2S. The summed E-state index contributed by atoms with van der Waals surface area (Å²) in [4.78, 5) is 14.2. The molecule has 0 saturated carbocycles. The molecule has 0 aliphatic carbocycles. The largest absolute Gasteiger partial charge is 0.391 e. The Bertz CT molecular complexity index is 501. The summed E-state index contributed by atoms with van der Waals surface area (Å²) in [7, 11) is 0. The molecule has 1 aromatic rings. The molecule has 7 heteroatoms. The molecule has 0 spiro atoms. The van der Waals surface area contributed by atoms with Crippen molar-refractivity contribution < 1.29 is 23.1 Å². The highest BCUT2D eigenvalue weighted by molar-refractivity contribution is 7.10. The number of aliphatic hydroxyl groups is 1. The minimum absolute atomic E-state index is 0.0309. The second kappa shape index (κ2) is 6.36. The van der Waals surface area contributed by atoms with Gasteiger partial charge in [-0.1, -0.05) is 0 Å². The van der Waals surface area contributed by atoms with E-state index >= 15 is 0 Å². The Morgan fingerprint density at radius 1 is 1.52 bits per heavy atom. The number of carbonyl (C=O) groups excluding carboxylic acids is 1. The molecule has 0 radical (unpaired) electrons. The lowest BCUT2D eigenvalue weighted by Gasteiger charge is -2.36. The van der Waals surface area contributed by atoms with E-state index in [1.165, 1.54) is 4.90 Å². The van der Waals surface area contributed by atoms with Gasteiger partial charge in [-0.05, 0) is 30.4 Å². The standard InChI is InChI=1S/C14H18F3NO2S/c1-9-4-7-21-13(9)10-3-6-18(8-11(10)19)12(20)2-5-14(15,16)17/h4,7,10-11,19H,2-3,5-6,8H2,1H3/t10-,11-/m1/s1. The van der Waals surface area contributed by atoms with E-state index in [1.807, 2.05) is 18.4 Å². The van der Waals surface area contributed by atoms with E-state index in [2.05, 4.69) is 0 Å². The molecule has 1 aromatic heterocycles. The van der Waals surface area contributed by atoms with Crippen molar-refractivity contribution in [3.05, 3.63) is 21.9 Å². The van der Waals surface area contributed by atoms with Crippen molar-refractivity contribution in [3.63, 3.8) is 0 Å². The Kier molecular flexibility index (Phi) is 4.93. The molecule has 2 heterocycles. The number of aryl methyl sites for hydroxylation is 1. The van der Waals surface area contributed by atoms with E-state index in [0.717, 1.165) is 10.4 Å². The van der Waals surface area contributed by atoms with E-state index in [0.29, 0.717) is 13.0 Å². The molecule has 0 unspecified atom stereocenters. The monoisotopic (exact) mass is 321 g/mol. The zero-order chi connectivity index (χ0) is 15.6. The van der Waals surface area contributed by atoms with Crippen molar-refractivity contribution in [2.75, 3.05) is 13.1 Å². The Labute approximate surface area is 125 Å². The number of rotatable bonds is 3. The third-order valence-corrected chi connectivity index (χ3v) is 4.95. The summed E-state index contributed by atoms with van der Waals surface area (Å²) in [5.74, 6) is -0.565. The zero-order valence-electron chi connectivity index (χ0n) is 11.7. The van der Waals surface area contributed by atoms with Gasteiger partial charge < -0.3 is 10.0 Å². The van der Waals surface area contributed by atoms with Crippen LogP contribution in [0.2, 0.25) is 0 Å². The molecule has 1 amide bonds. The predicted molar refractivity (Wildman–Crippen MR) is 74.3 cm³/mol. The van der Waals surface area contributed by atoms with Crippen molar-refractivity contribution in [2.45, 2.75) is 44.4 Å². The molecule has 1 N–H and O–H groups in total. The van der Waals surface area contributed by atoms with Gasteiger partial charge in [-0.25, -0.2) is 0 Å². The van der Waals surface area contributed by atoms with Gasteiger partial charge in [-0.2, -0.15) is 13.2 Å². The van der Waals surface area contributed by atoms with Gasteiger partial charge in [0.25, 0.3) is 0 Å². The smallest absolute Gasteiger partial charge is 0.389 e. The molecule has 1 fully saturated rings. The number of amides is 1. The quantitative estimate of drug-likeness (QED) is 0.929. The van der Waals surface area contributed by atoms with Gasteiger partial charge in [0.15, 0.2) is 0 Å². The van der Waals surface area contributed by atoms with Gasteiger partial charge in [0, 0.05) is 30.3 Å². The van der Waals surface area contributed by atoms with Crippen molar-refractivity contribution in [1.29, 1.82) is 0 Å². The van der Waals surface area contributed by atoms with Crippen LogP contribution in [0.1, 0.15) is 35.6 Å². The van der Waals surface area contributed by atoms with Gasteiger partial charge in [0.05, 0.1) is 12.5 Å². The number of thiophene rings is 1. The number of hydrogen-bond donors (Lipinski definition) is 1. The van der Waals surface area contributed by atoms with E-state index < -0.39 is 31.0 Å². The number of aliphatic hydroxyl groups excluding tert-OH is 1. The van der Waals surface area contributed by atoms with Crippen LogP contribution in [0, 0.1) is 6.92 Å². The lowest BCUT2D eigenvalue weighted by Crippen LogP contribution is -2.45. The molecule has 118 valence electrons. The third kappa shape index (κ3) is 4.20. The maximum atomic E-state index is 12.1. The minimum atomic E-state index is -4.32. The van der Waals surface area contributed by atoms with Crippen LogP contribution in [0.25, 0.3) is 0 Å². The number of nitrogens with zero attached hydrogens (tertiary/aromatic N) is 1. The predicted octanol–water partition coefficient (Wildman–Crippen LogP) is 3.08.